The summed E-state index contributed by atoms with van der Waals surface area (Å²) < 4.78 is 0. The molecule has 6 nitrogen and oxygen atoms in total. The molecule has 1 rings (SSSR count). The van der Waals surface area contributed by atoms with Gasteiger partial charge in [-0.2, -0.15) is 0 Å². The predicted octanol–water partition coefficient (Wildman–Crippen LogP) is 0.112. The first-order valence-electron chi connectivity index (χ1n) is 5.92. The zero-order chi connectivity index (χ0) is 14.4. The van der Waals surface area contributed by atoms with Crippen molar-refractivity contribution in [2.75, 3.05) is 7.05 Å². The lowest BCUT2D eigenvalue weighted by Crippen LogP contribution is -2.49. The quantitative estimate of drug-likeness (QED) is 0.586. The number of aromatic hydroxyl groups is 1. The fourth-order valence-electron chi connectivity index (χ4n) is 1.50. The molecule has 0 aliphatic carbocycles. The van der Waals surface area contributed by atoms with E-state index in [0.29, 0.717) is 0 Å². The van der Waals surface area contributed by atoms with E-state index >= 15 is 0 Å². The molecule has 0 saturated carbocycles. The lowest BCUT2D eigenvalue weighted by atomic mass is 10.1. The summed E-state index contributed by atoms with van der Waals surface area (Å²) in [6.45, 7) is 1.65. The van der Waals surface area contributed by atoms with E-state index in [1.807, 2.05) is 0 Å². The van der Waals surface area contributed by atoms with E-state index < -0.39 is 18.1 Å². The molecule has 19 heavy (non-hydrogen) atoms. The number of rotatable bonds is 6. The first-order valence-corrected chi connectivity index (χ1v) is 5.92. The molecule has 0 bridgehead atoms. The number of carboxylic acids is 1. The molecule has 0 aliphatic heterocycles. The van der Waals surface area contributed by atoms with Gasteiger partial charge in [0.05, 0.1) is 6.04 Å². The van der Waals surface area contributed by atoms with Crippen LogP contribution in [0.2, 0.25) is 0 Å². The minimum atomic E-state index is -1.09. The van der Waals surface area contributed by atoms with Gasteiger partial charge in [0.25, 0.3) is 0 Å². The number of hydrogen-bond donors (Lipinski definition) is 4. The highest BCUT2D eigenvalue weighted by atomic mass is 16.4. The van der Waals surface area contributed by atoms with Crippen molar-refractivity contribution in [2.45, 2.75) is 25.4 Å². The molecule has 0 aromatic heterocycles. The first-order chi connectivity index (χ1) is 8.93. The third-order valence-electron chi connectivity index (χ3n) is 2.82. The zero-order valence-electron chi connectivity index (χ0n) is 10.9. The maximum Gasteiger partial charge on any atom is 0.326 e. The number of nitrogens with one attached hydrogen (secondary N) is 2. The number of hydrogen-bond acceptors (Lipinski definition) is 4. The molecule has 1 aromatic rings. The van der Waals surface area contributed by atoms with E-state index in [0.717, 1.165) is 5.56 Å². The molecule has 1 aromatic carbocycles. The molecule has 0 aliphatic rings. The largest absolute Gasteiger partial charge is 0.508 e. The fraction of sp³-hybridized carbons (Fsp3) is 0.385. The first kappa shape index (κ1) is 15.0. The molecule has 0 fully saturated rings. The topological polar surface area (TPSA) is 98.7 Å². The number of carboxylic acid groups (broad SMARTS) is 1. The third kappa shape index (κ3) is 4.59. The van der Waals surface area contributed by atoms with Crippen LogP contribution in [0.15, 0.2) is 24.3 Å². The van der Waals surface area contributed by atoms with E-state index in [2.05, 4.69) is 10.6 Å². The minimum absolute atomic E-state index is 0.114. The SMILES string of the molecule is CN[C@@H](C)C(=O)N[C@@H](Cc1ccc(O)cc1)C(=O)O. The molecule has 104 valence electrons. The van der Waals surface area contributed by atoms with Crippen molar-refractivity contribution in [1.82, 2.24) is 10.6 Å². The molecule has 2 atom stereocenters. The zero-order valence-corrected chi connectivity index (χ0v) is 10.9. The lowest BCUT2D eigenvalue weighted by molar-refractivity contribution is -0.142. The van der Waals surface area contributed by atoms with Crippen LogP contribution in [0.4, 0.5) is 0 Å². The number of aliphatic carboxylic acids is 1. The molecule has 0 spiro atoms. The summed E-state index contributed by atoms with van der Waals surface area (Å²) in [5.41, 5.74) is 0.725. The van der Waals surface area contributed by atoms with Gasteiger partial charge in [-0.15, -0.1) is 0 Å². The van der Waals surface area contributed by atoms with Gasteiger partial charge in [-0.25, -0.2) is 4.79 Å². The van der Waals surface area contributed by atoms with Gasteiger partial charge in [0.1, 0.15) is 11.8 Å². The van der Waals surface area contributed by atoms with Gasteiger partial charge < -0.3 is 20.8 Å². The van der Waals surface area contributed by atoms with Crippen molar-refractivity contribution in [3.63, 3.8) is 0 Å². The third-order valence-corrected chi connectivity index (χ3v) is 2.82. The van der Waals surface area contributed by atoms with Gasteiger partial charge in [0.15, 0.2) is 0 Å². The average Bonchev–Trinajstić information content (AvgIpc) is 2.39. The average molecular weight is 266 g/mol. The Labute approximate surface area is 111 Å². The van der Waals surface area contributed by atoms with Crippen LogP contribution in [0, 0.1) is 0 Å². The number of benzene rings is 1. The molecular weight excluding hydrogens is 248 g/mol. The van der Waals surface area contributed by atoms with Crippen LogP contribution in [0.5, 0.6) is 5.75 Å². The maximum absolute atomic E-state index is 11.7. The second kappa shape index (κ2) is 6.75. The molecule has 0 heterocycles. The lowest BCUT2D eigenvalue weighted by Gasteiger charge is -2.17. The Bertz CT molecular complexity index is 444. The molecular formula is C13H18N2O4. The Morgan fingerprint density at radius 1 is 1.26 bits per heavy atom. The van der Waals surface area contributed by atoms with Crippen LogP contribution >= 0.6 is 0 Å². The molecule has 4 N–H and O–H groups in total. The highest BCUT2D eigenvalue weighted by Crippen LogP contribution is 2.11. The van der Waals surface area contributed by atoms with Crippen LogP contribution in [-0.4, -0.2) is 41.2 Å². The summed E-state index contributed by atoms with van der Waals surface area (Å²) in [4.78, 5) is 22.8. The van der Waals surface area contributed by atoms with E-state index in [1.165, 1.54) is 12.1 Å². The number of phenolic OH excluding ortho intramolecular Hbond substituents is 1. The summed E-state index contributed by atoms with van der Waals surface area (Å²) in [7, 11) is 1.62. The molecule has 0 saturated heterocycles. The normalized spacial score (nSPS) is 13.6. The van der Waals surface area contributed by atoms with Gasteiger partial charge in [0, 0.05) is 6.42 Å². The maximum atomic E-state index is 11.7. The summed E-state index contributed by atoms with van der Waals surface area (Å²) in [5.74, 6) is -1.35. The monoisotopic (exact) mass is 266 g/mol. The standard InChI is InChI=1S/C13H18N2O4/c1-8(14-2)12(17)15-11(13(18)19)7-9-3-5-10(16)6-4-9/h3-6,8,11,14,16H,7H2,1-2H3,(H,15,17)(H,18,19)/t8-,11-/m0/s1. The van der Waals surface area contributed by atoms with Crippen LogP contribution in [0.25, 0.3) is 0 Å². The van der Waals surface area contributed by atoms with Crippen LogP contribution in [0.1, 0.15) is 12.5 Å². The summed E-state index contributed by atoms with van der Waals surface area (Å²) in [6, 6.07) is 4.76. The van der Waals surface area contributed by atoms with Gasteiger partial charge in [-0.05, 0) is 31.7 Å². The van der Waals surface area contributed by atoms with Crippen molar-refractivity contribution in [3.8, 4) is 5.75 Å². The van der Waals surface area contributed by atoms with Crippen LogP contribution < -0.4 is 10.6 Å². The van der Waals surface area contributed by atoms with Gasteiger partial charge in [0.2, 0.25) is 5.91 Å². The highest BCUT2D eigenvalue weighted by Gasteiger charge is 2.22. The van der Waals surface area contributed by atoms with Gasteiger partial charge in [-0.1, -0.05) is 12.1 Å². The van der Waals surface area contributed by atoms with Crippen molar-refractivity contribution in [1.29, 1.82) is 0 Å². The van der Waals surface area contributed by atoms with Gasteiger partial charge in [-0.3, -0.25) is 4.79 Å². The molecule has 0 unspecified atom stereocenters. The number of carbonyl (C=O) groups excluding carboxylic acids is 1. The van der Waals surface area contributed by atoms with E-state index in [4.69, 9.17) is 10.2 Å². The van der Waals surface area contributed by atoms with E-state index in [1.54, 1.807) is 26.1 Å². The van der Waals surface area contributed by atoms with Crippen molar-refractivity contribution >= 4 is 11.9 Å². The smallest absolute Gasteiger partial charge is 0.326 e. The van der Waals surface area contributed by atoms with Crippen molar-refractivity contribution < 1.29 is 19.8 Å². The molecule has 1 amide bonds. The second-order valence-electron chi connectivity index (χ2n) is 4.28. The summed E-state index contributed by atoms with van der Waals surface area (Å²) in [5, 5.41) is 23.5. The molecule has 6 heteroatoms. The van der Waals surface area contributed by atoms with Gasteiger partial charge >= 0.3 is 5.97 Å². The minimum Gasteiger partial charge on any atom is -0.508 e. The Kier molecular flexibility index (Phi) is 5.32. The fourth-order valence-corrected chi connectivity index (χ4v) is 1.50. The summed E-state index contributed by atoms with van der Waals surface area (Å²) in [6.07, 6.45) is 0.164. The Hall–Kier alpha value is -2.08. The number of amides is 1. The van der Waals surface area contributed by atoms with Crippen LogP contribution in [-0.2, 0) is 16.0 Å². The number of phenols is 1. The highest BCUT2D eigenvalue weighted by molar-refractivity contribution is 5.86. The van der Waals surface area contributed by atoms with E-state index in [9.17, 15) is 9.59 Å². The summed E-state index contributed by atoms with van der Waals surface area (Å²) >= 11 is 0. The van der Waals surface area contributed by atoms with Crippen molar-refractivity contribution in [2.24, 2.45) is 0 Å². The van der Waals surface area contributed by atoms with Crippen LogP contribution in [0.3, 0.4) is 0 Å². The predicted molar refractivity (Wildman–Crippen MR) is 69.9 cm³/mol. The Morgan fingerprint density at radius 2 is 1.84 bits per heavy atom. The number of carbonyl (C=O) groups is 2. The Morgan fingerprint density at radius 3 is 2.32 bits per heavy atom. The number of likely N-dealkylation sites (N-methyl/N-ethyl adjacent to an activating group) is 1. The van der Waals surface area contributed by atoms with Crippen molar-refractivity contribution in [3.05, 3.63) is 29.8 Å². The Balaban J connectivity index is 2.71. The second-order valence-corrected chi connectivity index (χ2v) is 4.28. The molecule has 0 radical (unpaired) electrons. The van der Waals surface area contributed by atoms with E-state index in [-0.39, 0.29) is 18.1 Å².